The van der Waals surface area contributed by atoms with E-state index in [9.17, 15) is 44.4 Å². The number of nitrogens with zero attached hydrogens (tertiary/aromatic N) is 1. The summed E-state index contributed by atoms with van der Waals surface area (Å²) in [7, 11) is 3.03. The number of esters is 1. The number of carbonyl (C=O) groups is 5. The smallest absolute Gasteiger partial charge is 0.329 e. The topological polar surface area (TPSA) is 206 Å². The van der Waals surface area contributed by atoms with Gasteiger partial charge in [0.1, 0.15) is 24.0 Å². The zero-order valence-corrected chi connectivity index (χ0v) is 40.2. The zero-order valence-electron chi connectivity index (χ0n) is 40.2. The quantitative estimate of drug-likeness (QED) is 0.0978. The van der Waals surface area contributed by atoms with Crippen LogP contribution in [0.2, 0.25) is 0 Å². The summed E-state index contributed by atoms with van der Waals surface area (Å²) in [5.74, 6) is -8.60. The molecule has 3 aliphatic heterocycles. The van der Waals surface area contributed by atoms with Gasteiger partial charge in [-0.3, -0.25) is 19.2 Å². The first-order chi connectivity index (χ1) is 31.3. The van der Waals surface area contributed by atoms with Crippen molar-refractivity contribution < 1.29 is 63.3 Å². The van der Waals surface area contributed by atoms with Gasteiger partial charge in [-0.2, -0.15) is 0 Å². The monoisotopic (exact) mass is 922 g/mol. The van der Waals surface area contributed by atoms with Gasteiger partial charge in [0.2, 0.25) is 5.79 Å². The molecule has 0 spiro atoms. The molecule has 1 saturated carbocycles. The summed E-state index contributed by atoms with van der Waals surface area (Å²) in [5.41, 5.74) is 2.97. The van der Waals surface area contributed by atoms with Gasteiger partial charge in [0.05, 0.1) is 24.4 Å². The number of ether oxygens (including phenoxy) is 4. The number of piperidine rings is 1. The van der Waals surface area contributed by atoms with Crippen LogP contribution in [0.5, 0.6) is 0 Å². The molecule has 1 amide bonds. The van der Waals surface area contributed by atoms with Crippen molar-refractivity contribution in [2.24, 2.45) is 35.5 Å². The fourth-order valence-electron chi connectivity index (χ4n) is 10.5. The molecule has 66 heavy (non-hydrogen) atoms. The summed E-state index contributed by atoms with van der Waals surface area (Å²) in [5, 5.41) is 44.6. The van der Waals surface area contributed by atoms with Crippen LogP contribution in [-0.4, -0.2) is 130 Å². The number of aliphatic hydroxyl groups is 4. The van der Waals surface area contributed by atoms with Crippen molar-refractivity contribution in [3.63, 3.8) is 0 Å². The molecule has 5 rings (SSSR count). The van der Waals surface area contributed by atoms with Crippen LogP contribution in [-0.2, 0) is 38.1 Å². The van der Waals surface area contributed by atoms with Crippen LogP contribution < -0.4 is 0 Å². The van der Waals surface area contributed by atoms with Crippen LogP contribution in [0.3, 0.4) is 0 Å². The number of allylic oxidation sites excluding steroid dienone is 4. The molecule has 4 aliphatic rings. The third-order valence-electron chi connectivity index (χ3n) is 14.6. The first-order valence-corrected chi connectivity index (χ1v) is 24.0. The number of cyclic esters (lactones) is 1. The van der Waals surface area contributed by atoms with Gasteiger partial charge in [0.15, 0.2) is 5.78 Å². The Kier molecular flexibility index (Phi) is 19.2. The number of hydrogen-bond donors (Lipinski definition) is 4. The van der Waals surface area contributed by atoms with Crippen molar-refractivity contribution in [2.45, 2.75) is 161 Å². The van der Waals surface area contributed by atoms with Crippen LogP contribution in [0.15, 0.2) is 53.6 Å². The lowest BCUT2D eigenvalue weighted by atomic mass is 9.78. The number of hydrogen-bond acceptors (Lipinski definition) is 13. The molecule has 2 unspecified atom stereocenters. The minimum Gasteiger partial charge on any atom is -0.456 e. The first-order valence-electron chi connectivity index (χ1n) is 24.0. The predicted molar refractivity (Wildman–Crippen MR) is 248 cm³/mol. The number of methoxy groups -OCH3 is 2. The van der Waals surface area contributed by atoms with E-state index < -0.39 is 83.9 Å². The predicted octanol–water partition coefficient (Wildman–Crippen LogP) is 5.96. The molecule has 0 aromatic heterocycles. The lowest BCUT2D eigenvalue weighted by molar-refractivity contribution is -0.302. The molecule has 4 N–H and O–H groups in total. The molecule has 1 aromatic rings. The average Bonchev–Trinajstić information content (AvgIpc) is 3.29. The lowest BCUT2D eigenvalue weighted by Gasteiger charge is -2.47. The van der Waals surface area contributed by atoms with Gasteiger partial charge in [0, 0.05) is 63.0 Å². The molecule has 0 radical (unpaired) electrons. The van der Waals surface area contributed by atoms with Crippen molar-refractivity contribution in [3.05, 3.63) is 64.8 Å². The van der Waals surface area contributed by atoms with E-state index in [0.717, 1.165) is 16.0 Å². The Hall–Kier alpha value is -3.89. The summed E-state index contributed by atoms with van der Waals surface area (Å²) in [6, 6.07) is 6.00. The van der Waals surface area contributed by atoms with Gasteiger partial charge in [-0.15, -0.1) is 0 Å². The molecule has 3 heterocycles. The molecule has 14 atom stereocenters. The van der Waals surface area contributed by atoms with Gasteiger partial charge in [-0.1, -0.05) is 74.9 Å². The first kappa shape index (κ1) is 53.1. The molecular weight excluding hydrogens is 847 g/mol. The fourth-order valence-corrected chi connectivity index (χ4v) is 10.5. The lowest BCUT2D eigenvalue weighted by Crippen LogP contribution is -2.64. The molecule has 2 bridgehead atoms. The number of carbonyl (C=O) groups excluding carboxylic acids is 5. The van der Waals surface area contributed by atoms with Crippen LogP contribution in [0.1, 0.15) is 128 Å². The maximum Gasteiger partial charge on any atom is 0.329 e. The van der Waals surface area contributed by atoms with Gasteiger partial charge in [0.25, 0.3) is 11.7 Å². The molecule has 3 fully saturated rings. The Morgan fingerprint density at radius 2 is 1.59 bits per heavy atom. The van der Waals surface area contributed by atoms with Crippen molar-refractivity contribution in [2.75, 3.05) is 27.4 Å². The van der Waals surface area contributed by atoms with E-state index >= 15 is 0 Å². The Labute approximate surface area is 390 Å². The highest BCUT2D eigenvalue weighted by atomic mass is 16.7. The van der Waals surface area contributed by atoms with E-state index in [1.54, 1.807) is 32.9 Å². The van der Waals surface area contributed by atoms with E-state index in [1.165, 1.54) is 21.1 Å². The Morgan fingerprint density at radius 3 is 2.24 bits per heavy atom. The summed E-state index contributed by atoms with van der Waals surface area (Å²) in [6.45, 7) is 10.5. The molecule has 1 aliphatic carbocycles. The van der Waals surface area contributed by atoms with Crippen molar-refractivity contribution >= 4 is 35.3 Å². The van der Waals surface area contributed by atoms with Gasteiger partial charge >= 0.3 is 5.97 Å². The number of amides is 1. The van der Waals surface area contributed by atoms with E-state index in [2.05, 4.69) is 0 Å². The molecule has 2 saturated heterocycles. The standard InChI is InChI=1S/C52H75NO13/c1-30-22-31(2)24-45(63-7)48-46(64-8)26-33(4)52(62,66-48)49(59)50(60)53-21-10-9-14-41(53)51(61)65-47(32(3)25-37-17-20-42(56)40(27-37)29-54)34(5)43(57)28-44(58)39(23-30)13-11-12-36-15-18-38(19-16-36)35(6)55/h11-12,15-16,18-19,23,25,31,33-34,37,39-43,45-48,54,56-57,62H,9-10,13-14,17,20-22,24,26-29H2,1-8H3/b12-11+,30-23+,32-25+/t31-,33+,34+,37-,39+,40-,41?,42+,43-,45-,46-,47+,48?,52+/m0/s1. The second kappa shape index (κ2) is 23.9. The van der Waals surface area contributed by atoms with Gasteiger partial charge < -0.3 is 44.3 Å². The number of rotatable bonds is 9. The number of Topliss-reactive ketones (excluding diaryl/α,β-unsaturated/α-hetero) is 3. The Bertz CT molecular complexity index is 1940. The van der Waals surface area contributed by atoms with Crippen LogP contribution >= 0.6 is 0 Å². The Morgan fingerprint density at radius 1 is 0.909 bits per heavy atom. The van der Waals surface area contributed by atoms with Crippen molar-refractivity contribution in [1.29, 1.82) is 0 Å². The third-order valence-corrected chi connectivity index (χ3v) is 14.6. The highest BCUT2D eigenvalue weighted by Crippen LogP contribution is 2.39. The summed E-state index contributed by atoms with van der Waals surface area (Å²) < 4.78 is 24.4. The number of aliphatic hydroxyl groups excluding tert-OH is 3. The van der Waals surface area contributed by atoms with Crippen LogP contribution in [0.4, 0.5) is 0 Å². The maximum atomic E-state index is 14.5. The molecule has 14 nitrogen and oxygen atoms in total. The molecule has 14 heteroatoms. The van der Waals surface area contributed by atoms with Gasteiger partial charge in [-0.05, 0) is 108 Å². The number of fused-ring (bicyclic) bond motifs is 3. The zero-order chi connectivity index (χ0) is 48.5. The maximum absolute atomic E-state index is 14.5. The van der Waals surface area contributed by atoms with Crippen LogP contribution in [0, 0.1) is 35.5 Å². The van der Waals surface area contributed by atoms with Crippen LogP contribution in [0.25, 0.3) is 6.08 Å². The minimum atomic E-state index is -2.55. The SMILES string of the molecule is CO[C@H]1C[C@@H](C)C/C(C)=C/[C@@H](C/C=C/c2ccc(C(C)=O)cc2)C(=O)C[C@H](O)[C@@H](C)[C@@H](/C(C)=C/[C@@H]2CC[C@@H](O)[C@H](CO)C2)OC(=O)C2CCCCN2C(=O)C(=O)[C@]2(O)OC1[C@@H](OC)C[C@H]2C. The van der Waals surface area contributed by atoms with Crippen molar-refractivity contribution in [1.82, 2.24) is 4.90 Å². The summed E-state index contributed by atoms with van der Waals surface area (Å²) >= 11 is 0. The van der Waals surface area contributed by atoms with E-state index in [0.29, 0.717) is 62.5 Å². The number of benzene rings is 1. The summed E-state index contributed by atoms with van der Waals surface area (Å²) in [6.07, 6.45) is 6.59. The normalized spacial score (nSPS) is 37.1. The highest BCUT2D eigenvalue weighted by molar-refractivity contribution is 6.39. The van der Waals surface area contributed by atoms with E-state index in [-0.39, 0.29) is 61.7 Å². The highest BCUT2D eigenvalue weighted by Gasteiger charge is 2.56. The van der Waals surface area contributed by atoms with Gasteiger partial charge in [-0.25, -0.2) is 4.79 Å². The fraction of sp³-hybridized carbons (Fsp3) is 0.673. The van der Waals surface area contributed by atoms with E-state index in [1.807, 2.05) is 50.3 Å². The second-order valence-corrected chi connectivity index (χ2v) is 19.7. The second-order valence-electron chi connectivity index (χ2n) is 19.7. The third kappa shape index (κ3) is 13.0. The minimum absolute atomic E-state index is 0.0387. The van der Waals surface area contributed by atoms with Crippen molar-refractivity contribution in [3.8, 4) is 0 Å². The molecule has 366 valence electrons. The molecule has 1 aromatic carbocycles. The molecular formula is C52H75NO13. The largest absolute Gasteiger partial charge is 0.456 e. The number of ketones is 3. The average molecular weight is 922 g/mol. The Balaban J connectivity index is 1.55. The van der Waals surface area contributed by atoms with E-state index in [4.69, 9.17) is 18.9 Å². The summed E-state index contributed by atoms with van der Waals surface area (Å²) in [4.78, 5) is 70.6.